The van der Waals surface area contributed by atoms with Crippen LogP contribution < -0.4 is 4.18 Å². The lowest BCUT2D eigenvalue weighted by Crippen LogP contribution is -2.27. The first kappa shape index (κ1) is 24.5. The Morgan fingerprint density at radius 1 is 1.18 bits per heavy atom. The van der Waals surface area contributed by atoms with Crippen LogP contribution in [0.4, 0.5) is 0 Å². The van der Waals surface area contributed by atoms with E-state index in [9.17, 15) is 13.2 Å². The van der Waals surface area contributed by atoms with Gasteiger partial charge in [-0.25, -0.2) is 4.68 Å². The van der Waals surface area contributed by atoms with Gasteiger partial charge < -0.3 is 4.18 Å². The van der Waals surface area contributed by atoms with E-state index < -0.39 is 10.1 Å². The Hall–Kier alpha value is -2.64. The van der Waals surface area contributed by atoms with E-state index in [-0.39, 0.29) is 27.5 Å². The fourth-order valence-electron chi connectivity index (χ4n) is 5.02. The predicted octanol–water partition coefficient (Wildman–Crippen LogP) is 5.79. The second-order valence-corrected chi connectivity index (χ2v) is 11.4. The van der Waals surface area contributed by atoms with Gasteiger partial charge >= 0.3 is 10.1 Å². The fourth-order valence-corrected chi connectivity index (χ4v) is 6.09. The van der Waals surface area contributed by atoms with Crippen molar-refractivity contribution in [2.24, 2.45) is 0 Å². The van der Waals surface area contributed by atoms with Gasteiger partial charge in [0.1, 0.15) is 10.5 Å². The van der Waals surface area contributed by atoms with Crippen molar-refractivity contribution in [2.45, 2.75) is 70.7 Å². The zero-order valence-corrected chi connectivity index (χ0v) is 21.7. The van der Waals surface area contributed by atoms with Gasteiger partial charge in [-0.2, -0.15) is 13.5 Å². The third kappa shape index (κ3) is 4.27. The van der Waals surface area contributed by atoms with Crippen LogP contribution in [0.5, 0.6) is 5.88 Å². The first-order valence-electron chi connectivity index (χ1n) is 11.4. The molecular weight excluding hydrogens is 472 g/mol. The molecule has 1 heterocycles. The van der Waals surface area contributed by atoms with Crippen LogP contribution >= 0.6 is 11.6 Å². The van der Waals surface area contributed by atoms with Crippen LogP contribution in [0.25, 0.3) is 0 Å². The second-order valence-electron chi connectivity index (χ2n) is 9.46. The molecule has 1 aliphatic carbocycles. The van der Waals surface area contributed by atoms with Crippen LogP contribution in [-0.4, -0.2) is 24.0 Å². The Morgan fingerprint density at radius 2 is 1.85 bits per heavy atom. The van der Waals surface area contributed by atoms with Gasteiger partial charge in [0.05, 0.1) is 6.20 Å². The zero-order valence-electron chi connectivity index (χ0n) is 20.1. The number of aromatic nitrogens is 2. The maximum absolute atomic E-state index is 13.8. The van der Waals surface area contributed by atoms with Crippen molar-refractivity contribution in [1.82, 2.24) is 9.78 Å². The molecule has 0 atom stereocenters. The highest BCUT2D eigenvalue weighted by Crippen LogP contribution is 2.42. The maximum atomic E-state index is 13.8. The number of benzene rings is 2. The molecule has 1 aliphatic rings. The van der Waals surface area contributed by atoms with Gasteiger partial charge in [0.2, 0.25) is 5.88 Å². The number of fused-ring (bicyclic) bond motifs is 1. The first-order valence-corrected chi connectivity index (χ1v) is 13.2. The van der Waals surface area contributed by atoms with Gasteiger partial charge in [-0.1, -0.05) is 25.4 Å². The quantitative estimate of drug-likeness (QED) is 0.316. The molecule has 0 unspecified atom stereocenters. The summed E-state index contributed by atoms with van der Waals surface area (Å²) in [7, 11) is -4.19. The minimum Gasteiger partial charge on any atom is -0.358 e. The molecule has 3 aromatic rings. The summed E-state index contributed by atoms with van der Waals surface area (Å²) in [6.07, 6.45) is 4.57. The molecule has 0 amide bonds. The molecule has 0 fully saturated rings. The van der Waals surface area contributed by atoms with E-state index in [1.165, 1.54) is 46.3 Å². The Morgan fingerprint density at radius 3 is 2.50 bits per heavy atom. The number of aryl methyl sites for hydroxylation is 2. The summed E-state index contributed by atoms with van der Waals surface area (Å²) in [4.78, 5) is 13.7. The molecule has 0 saturated heterocycles. The normalized spacial score (nSPS) is 15.1. The highest BCUT2D eigenvalue weighted by Gasteiger charge is 2.33. The number of carbonyl (C=O) groups is 1. The summed E-state index contributed by atoms with van der Waals surface area (Å²) >= 11 is 5.89. The monoisotopic (exact) mass is 500 g/mol. The van der Waals surface area contributed by atoms with Gasteiger partial charge in [-0.15, -0.1) is 0 Å². The summed E-state index contributed by atoms with van der Waals surface area (Å²) in [5.41, 5.74) is 5.19. The van der Waals surface area contributed by atoms with Gasteiger partial charge in [-0.3, -0.25) is 4.79 Å². The van der Waals surface area contributed by atoms with E-state index in [2.05, 4.69) is 18.9 Å². The molecule has 4 rings (SSSR count). The Labute approximate surface area is 206 Å². The molecule has 0 aliphatic heterocycles. The molecule has 0 bridgehead atoms. The molecule has 0 saturated carbocycles. The van der Waals surface area contributed by atoms with E-state index in [1.807, 2.05) is 19.9 Å². The molecule has 2 aromatic carbocycles. The lowest BCUT2D eigenvalue weighted by molar-refractivity contribution is 0.103. The second kappa shape index (κ2) is 8.86. The SMILES string of the molecule is CCn1ncc(C(=O)c2cc(C)c3c(c2C)C(C)(C)CCC3)c1OS(=O)(=O)c1ccc(Cl)cc1. The third-order valence-corrected chi connectivity index (χ3v) is 8.17. The van der Waals surface area contributed by atoms with E-state index >= 15 is 0 Å². The molecule has 1 aromatic heterocycles. The van der Waals surface area contributed by atoms with Gasteiger partial charge in [0, 0.05) is 17.1 Å². The standard InChI is InChI=1S/C26H29ClN2O4S/c1-6-29-25(33-34(31,32)19-11-9-18(27)10-12-19)22(15-28-29)24(30)21-14-16(2)20-8-7-13-26(4,5)23(20)17(21)3/h9-12,14-15H,6-8,13H2,1-5H3. The molecule has 0 spiro atoms. The number of hydrogen-bond donors (Lipinski definition) is 0. The van der Waals surface area contributed by atoms with Crippen molar-refractivity contribution < 1.29 is 17.4 Å². The average molecular weight is 501 g/mol. The van der Waals surface area contributed by atoms with Crippen LogP contribution in [0.1, 0.15) is 71.8 Å². The lowest BCUT2D eigenvalue weighted by Gasteiger charge is -2.36. The Balaban J connectivity index is 1.80. The van der Waals surface area contributed by atoms with Gasteiger partial charge in [0.25, 0.3) is 0 Å². The number of ketones is 1. The molecule has 8 heteroatoms. The van der Waals surface area contributed by atoms with Crippen molar-refractivity contribution in [1.29, 1.82) is 0 Å². The molecule has 0 radical (unpaired) electrons. The highest BCUT2D eigenvalue weighted by atomic mass is 35.5. The minimum atomic E-state index is -4.19. The Bertz CT molecular complexity index is 1370. The predicted molar refractivity (Wildman–Crippen MR) is 132 cm³/mol. The van der Waals surface area contributed by atoms with E-state index in [0.717, 1.165) is 30.4 Å². The number of halogens is 1. The van der Waals surface area contributed by atoms with Crippen LogP contribution in [0.3, 0.4) is 0 Å². The fraction of sp³-hybridized carbons (Fsp3) is 0.385. The summed E-state index contributed by atoms with van der Waals surface area (Å²) in [5, 5.41) is 4.64. The van der Waals surface area contributed by atoms with Crippen LogP contribution in [0.2, 0.25) is 5.02 Å². The van der Waals surface area contributed by atoms with Crippen molar-refractivity contribution in [2.75, 3.05) is 0 Å². The van der Waals surface area contributed by atoms with Crippen molar-refractivity contribution in [3.63, 3.8) is 0 Å². The van der Waals surface area contributed by atoms with Gasteiger partial charge in [0.15, 0.2) is 5.78 Å². The lowest BCUT2D eigenvalue weighted by atomic mass is 9.68. The first-order chi connectivity index (χ1) is 16.0. The Kier molecular flexibility index (Phi) is 6.38. The van der Waals surface area contributed by atoms with E-state index in [0.29, 0.717) is 17.1 Å². The van der Waals surface area contributed by atoms with Crippen LogP contribution in [0, 0.1) is 13.8 Å². The molecule has 0 N–H and O–H groups in total. The highest BCUT2D eigenvalue weighted by molar-refractivity contribution is 7.87. The number of rotatable bonds is 6. The van der Waals surface area contributed by atoms with E-state index in [4.69, 9.17) is 15.8 Å². The molecular formula is C26H29ClN2O4S. The van der Waals surface area contributed by atoms with E-state index in [1.54, 1.807) is 6.92 Å². The maximum Gasteiger partial charge on any atom is 0.340 e. The molecule has 180 valence electrons. The largest absolute Gasteiger partial charge is 0.358 e. The summed E-state index contributed by atoms with van der Waals surface area (Å²) in [5.74, 6) is -0.387. The number of nitrogens with zero attached hydrogens (tertiary/aromatic N) is 2. The summed E-state index contributed by atoms with van der Waals surface area (Å²) < 4.78 is 32.8. The van der Waals surface area contributed by atoms with Crippen molar-refractivity contribution >= 4 is 27.5 Å². The van der Waals surface area contributed by atoms with Crippen LogP contribution in [-0.2, 0) is 28.5 Å². The summed E-state index contributed by atoms with van der Waals surface area (Å²) in [6.45, 7) is 10.6. The van der Waals surface area contributed by atoms with Crippen molar-refractivity contribution in [3.8, 4) is 5.88 Å². The minimum absolute atomic E-state index is 0.0381. The topological polar surface area (TPSA) is 78.3 Å². The smallest absolute Gasteiger partial charge is 0.340 e. The third-order valence-electron chi connectivity index (χ3n) is 6.69. The van der Waals surface area contributed by atoms with Crippen molar-refractivity contribution in [3.05, 3.63) is 74.9 Å². The zero-order chi connectivity index (χ0) is 24.8. The summed E-state index contributed by atoms with van der Waals surface area (Å²) in [6, 6.07) is 7.60. The van der Waals surface area contributed by atoms with Crippen LogP contribution in [0.15, 0.2) is 41.4 Å². The van der Waals surface area contributed by atoms with Gasteiger partial charge in [-0.05, 0) is 98.0 Å². The average Bonchev–Trinajstić information content (AvgIpc) is 3.17. The number of hydrogen-bond acceptors (Lipinski definition) is 5. The molecule has 6 nitrogen and oxygen atoms in total. The number of carbonyl (C=O) groups excluding carboxylic acids is 1. The molecule has 34 heavy (non-hydrogen) atoms.